The summed E-state index contributed by atoms with van der Waals surface area (Å²) in [5, 5.41) is 1.41. The molecular formula is C13H9NOS. The number of nitrogens with zero attached hydrogens (tertiary/aromatic N) is 1. The Kier molecular flexibility index (Phi) is 2.01. The number of hydrogen-bond acceptors (Lipinski definition) is 2. The summed E-state index contributed by atoms with van der Waals surface area (Å²) in [6.07, 6.45) is 0. The quantitative estimate of drug-likeness (QED) is 0.463. The van der Waals surface area contributed by atoms with Crippen LogP contribution in [0.1, 0.15) is 0 Å². The standard InChI is InChI=1S/C13H9NOS/c15-13-9-5-1-3-7-11(9)14(16)12-8-4-2-6-10(12)13/h1-8,16H. The van der Waals surface area contributed by atoms with E-state index < -0.39 is 0 Å². The molecule has 2 nitrogen and oxygen atoms in total. The summed E-state index contributed by atoms with van der Waals surface area (Å²) < 4.78 is 1.76. The van der Waals surface area contributed by atoms with E-state index in [1.54, 1.807) is 3.97 Å². The van der Waals surface area contributed by atoms with Crippen LogP contribution in [0.15, 0.2) is 53.3 Å². The number of para-hydroxylation sites is 2. The molecule has 1 aromatic heterocycles. The summed E-state index contributed by atoms with van der Waals surface area (Å²) in [5.74, 6) is 0. The van der Waals surface area contributed by atoms with Crippen LogP contribution in [0, 0.1) is 0 Å². The average molecular weight is 227 g/mol. The molecule has 16 heavy (non-hydrogen) atoms. The van der Waals surface area contributed by atoms with Gasteiger partial charge in [-0.25, -0.2) is 0 Å². The second-order valence-electron chi connectivity index (χ2n) is 3.68. The zero-order valence-electron chi connectivity index (χ0n) is 8.42. The van der Waals surface area contributed by atoms with Crippen LogP contribution in [0.2, 0.25) is 0 Å². The van der Waals surface area contributed by atoms with E-state index in [0.29, 0.717) is 10.8 Å². The highest BCUT2D eigenvalue weighted by atomic mass is 32.1. The predicted octanol–water partition coefficient (Wildman–Crippen LogP) is 2.85. The van der Waals surface area contributed by atoms with E-state index in [1.165, 1.54) is 0 Å². The van der Waals surface area contributed by atoms with Gasteiger partial charge in [-0.1, -0.05) is 37.1 Å². The molecule has 2 aromatic carbocycles. The van der Waals surface area contributed by atoms with Crippen molar-refractivity contribution in [2.24, 2.45) is 0 Å². The molecule has 0 aliphatic rings. The SMILES string of the molecule is O=c1c2ccccc2n(S)c2ccccc12. The molecule has 78 valence electrons. The minimum absolute atomic E-state index is 0.0662. The first-order valence-corrected chi connectivity index (χ1v) is 5.41. The van der Waals surface area contributed by atoms with E-state index in [-0.39, 0.29) is 5.43 Å². The van der Waals surface area contributed by atoms with E-state index >= 15 is 0 Å². The van der Waals surface area contributed by atoms with Gasteiger partial charge in [-0.15, -0.1) is 0 Å². The summed E-state index contributed by atoms with van der Waals surface area (Å²) >= 11 is 4.44. The Morgan fingerprint density at radius 1 is 0.812 bits per heavy atom. The maximum absolute atomic E-state index is 12.2. The van der Waals surface area contributed by atoms with Gasteiger partial charge in [0.2, 0.25) is 0 Å². The third kappa shape index (κ3) is 1.18. The summed E-state index contributed by atoms with van der Waals surface area (Å²) in [6, 6.07) is 15.0. The number of thiol groups is 1. The van der Waals surface area contributed by atoms with Crippen LogP contribution in [0.3, 0.4) is 0 Å². The predicted molar refractivity (Wildman–Crippen MR) is 70.1 cm³/mol. The van der Waals surface area contributed by atoms with Gasteiger partial charge in [0.1, 0.15) is 0 Å². The van der Waals surface area contributed by atoms with Crippen molar-refractivity contribution >= 4 is 34.6 Å². The zero-order chi connectivity index (χ0) is 11.1. The van der Waals surface area contributed by atoms with Crippen molar-refractivity contribution in [1.29, 1.82) is 0 Å². The van der Waals surface area contributed by atoms with Crippen LogP contribution in [0.4, 0.5) is 0 Å². The lowest BCUT2D eigenvalue weighted by Gasteiger charge is -2.08. The van der Waals surface area contributed by atoms with Gasteiger partial charge in [-0.3, -0.25) is 8.77 Å². The molecule has 0 aliphatic carbocycles. The molecule has 0 radical (unpaired) electrons. The van der Waals surface area contributed by atoms with Crippen molar-refractivity contribution in [3.05, 3.63) is 58.8 Å². The van der Waals surface area contributed by atoms with Crippen LogP contribution in [-0.4, -0.2) is 3.97 Å². The first kappa shape index (κ1) is 9.48. The Labute approximate surface area is 97.7 Å². The largest absolute Gasteiger partial charge is 0.288 e. The zero-order valence-corrected chi connectivity index (χ0v) is 9.32. The molecule has 0 amide bonds. The number of benzene rings is 2. The van der Waals surface area contributed by atoms with Crippen LogP contribution in [0.25, 0.3) is 21.8 Å². The molecule has 0 atom stereocenters. The van der Waals surface area contributed by atoms with E-state index in [2.05, 4.69) is 12.8 Å². The van der Waals surface area contributed by atoms with Crippen molar-refractivity contribution in [2.75, 3.05) is 0 Å². The molecule has 0 aliphatic heterocycles. The average Bonchev–Trinajstić information content (AvgIpc) is 2.36. The fourth-order valence-corrected chi connectivity index (χ4v) is 2.32. The molecule has 0 spiro atoms. The topological polar surface area (TPSA) is 22.0 Å². The Bertz CT molecular complexity index is 686. The Morgan fingerprint density at radius 2 is 1.25 bits per heavy atom. The number of hydrogen-bond donors (Lipinski definition) is 1. The molecule has 0 unspecified atom stereocenters. The second kappa shape index (κ2) is 3.39. The summed E-state index contributed by atoms with van der Waals surface area (Å²) in [6.45, 7) is 0. The molecule has 3 aromatic rings. The van der Waals surface area contributed by atoms with Crippen molar-refractivity contribution in [3.8, 4) is 0 Å². The Morgan fingerprint density at radius 3 is 1.75 bits per heavy atom. The molecule has 0 N–H and O–H groups in total. The number of pyridine rings is 1. The third-order valence-electron chi connectivity index (χ3n) is 2.75. The minimum atomic E-state index is 0.0662. The third-order valence-corrected chi connectivity index (χ3v) is 3.18. The van der Waals surface area contributed by atoms with Crippen LogP contribution >= 0.6 is 12.8 Å². The number of rotatable bonds is 0. The highest BCUT2D eigenvalue weighted by molar-refractivity contribution is 7.79. The van der Waals surface area contributed by atoms with Gasteiger partial charge in [0, 0.05) is 10.8 Å². The van der Waals surface area contributed by atoms with Crippen molar-refractivity contribution in [2.45, 2.75) is 0 Å². The summed E-state index contributed by atoms with van der Waals surface area (Å²) in [5.41, 5.74) is 1.75. The van der Waals surface area contributed by atoms with Crippen molar-refractivity contribution in [3.63, 3.8) is 0 Å². The van der Waals surface area contributed by atoms with E-state index in [0.717, 1.165) is 11.0 Å². The van der Waals surface area contributed by atoms with Gasteiger partial charge >= 0.3 is 0 Å². The van der Waals surface area contributed by atoms with Crippen LogP contribution < -0.4 is 5.43 Å². The highest BCUT2D eigenvalue weighted by Crippen LogP contribution is 2.19. The molecule has 0 bridgehead atoms. The van der Waals surface area contributed by atoms with Gasteiger partial charge in [0.15, 0.2) is 5.43 Å². The molecule has 3 heteroatoms. The minimum Gasteiger partial charge on any atom is -0.288 e. The van der Waals surface area contributed by atoms with E-state index in [1.807, 2.05) is 48.5 Å². The monoisotopic (exact) mass is 227 g/mol. The lowest BCUT2D eigenvalue weighted by molar-refractivity contribution is 1.39. The fraction of sp³-hybridized carbons (Fsp3) is 0. The highest BCUT2D eigenvalue weighted by Gasteiger charge is 2.06. The first-order valence-electron chi connectivity index (χ1n) is 5.01. The molecule has 0 saturated heterocycles. The maximum atomic E-state index is 12.2. The fourth-order valence-electron chi connectivity index (χ4n) is 1.98. The van der Waals surface area contributed by atoms with Gasteiger partial charge in [0.25, 0.3) is 0 Å². The molecule has 3 rings (SSSR count). The van der Waals surface area contributed by atoms with E-state index in [9.17, 15) is 4.79 Å². The maximum Gasteiger partial charge on any atom is 0.197 e. The number of fused-ring (bicyclic) bond motifs is 2. The smallest absolute Gasteiger partial charge is 0.197 e. The second-order valence-corrected chi connectivity index (χ2v) is 4.08. The Balaban J connectivity index is 2.73. The molecule has 0 fully saturated rings. The van der Waals surface area contributed by atoms with Gasteiger partial charge < -0.3 is 0 Å². The number of aromatic nitrogens is 1. The van der Waals surface area contributed by atoms with Gasteiger partial charge in [0.05, 0.1) is 11.0 Å². The van der Waals surface area contributed by atoms with Crippen molar-refractivity contribution in [1.82, 2.24) is 3.97 Å². The normalized spacial score (nSPS) is 11.1. The molecular weight excluding hydrogens is 218 g/mol. The summed E-state index contributed by atoms with van der Waals surface area (Å²) in [7, 11) is 0. The van der Waals surface area contributed by atoms with Gasteiger partial charge in [-0.2, -0.15) is 0 Å². The molecule has 0 saturated carbocycles. The molecule has 1 heterocycles. The van der Waals surface area contributed by atoms with Crippen LogP contribution in [-0.2, 0) is 0 Å². The first-order chi connectivity index (χ1) is 7.79. The van der Waals surface area contributed by atoms with Crippen LogP contribution in [0.5, 0.6) is 0 Å². The van der Waals surface area contributed by atoms with Gasteiger partial charge in [-0.05, 0) is 24.3 Å². The van der Waals surface area contributed by atoms with E-state index in [4.69, 9.17) is 0 Å². The Hall–Kier alpha value is -1.74. The summed E-state index contributed by atoms with van der Waals surface area (Å²) in [4.78, 5) is 12.2. The lowest BCUT2D eigenvalue weighted by Crippen LogP contribution is -2.06. The van der Waals surface area contributed by atoms with Crippen molar-refractivity contribution < 1.29 is 0 Å². The lowest BCUT2D eigenvalue weighted by atomic mass is 10.1.